The van der Waals surface area contributed by atoms with Crippen LogP contribution in [0.1, 0.15) is 16.8 Å². The first-order valence-corrected chi connectivity index (χ1v) is 13.5. The van der Waals surface area contributed by atoms with Gasteiger partial charge < -0.3 is 25.5 Å². The van der Waals surface area contributed by atoms with Crippen LogP contribution in [0.2, 0.25) is 0 Å². The molecule has 0 bridgehead atoms. The largest absolute Gasteiger partial charge is 0.380 e. The molecule has 41 heavy (non-hydrogen) atoms. The number of ether oxygens (including phenoxy) is 1. The van der Waals surface area contributed by atoms with Gasteiger partial charge in [-0.1, -0.05) is 48.5 Å². The van der Waals surface area contributed by atoms with Crippen molar-refractivity contribution in [3.8, 4) is 11.3 Å². The van der Waals surface area contributed by atoms with E-state index in [1.54, 1.807) is 18.6 Å². The average molecular weight is 551 g/mol. The molecule has 1 fully saturated rings. The normalized spacial score (nSPS) is 14.0. The van der Waals surface area contributed by atoms with Gasteiger partial charge in [-0.25, -0.2) is 4.98 Å². The van der Waals surface area contributed by atoms with Gasteiger partial charge in [0.15, 0.2) is 5.82 Å². The molecular formula is C31H30N6O4. The highest BCUT2D eigenvalue weighted by atomic mass is 16.5. The lowest BCUT2D eigenvalue weighted by Gasteiger charge is -2.37. The maximum Gasteiger partial charge on any atom is 0.294 e. The standard InChI is InChI=1S/C31H30N6O4/c38-28(34-16-25-14-23-15-32-11-10-26(23)36-25)18-37-27(22-7-4-8-24(13-22)31(40)19-41-20-31)17-35-29(30(37)39)33-12-9-21-5-2-1-3-6-21/h1-8,10-11,13-15,17,36,40H,9,12,16,18-20H2,(H,33,35)(H,34,38). The first-order valence-electron chi connectivity index (χ1n) is 13.5. The number of pyridine rings is 1. The van der Waals surface area contributed by atoms with E-state index in [4.69, 9.17) is 4.74 Å². The second-order valence-corrected chi connectivity index (χ2v) is 10.2. The number of H-pyrrole nitrogens is 1. The van der Waals surface area contributed by atoms with Crippen LogP contribution in [0.5, 0.6) is 0 Å². The summed E-state index contributed by atoms with van der Waals surface area (Å²) >= 11 is 0. The summed E-state index contributed by atoms with van der Waals surface area (Å²) in [5.41, 5.74) is 3.25. The van der Waals surface area contributed by atoms with E-state index in [1.807, 2.05) is 66.7 Å². The van der Waals surface area contributed by atoms with Crippen molar-refractivity contribution in [2.45, 2.75) is 25.1 Å². The molecule has 2 aromatic carbocycles. The molecule has 208 valence electrons. The van der Waals surface area contributed by atoms with E-state index in [0.29, 0.717) is 29.8 Å². The summed E-state index contributed by atoms with van der Waals surface area (Å²) in [4.78, 5) is 38.6. The minimum atomic E-state index is -1.07. The van der Waals surface area contributed by atoms with Gasteiger partial charge in [0.1, 0.15) is 12.1 Å². The number of nitrogens with one attached hydrogen (secondary N) is 3. The lowest BCUT2D eigenvalue weighted by molar-refractivity contribution is -0.184. The lowest BCUT2D eigenvalue weighted by Crippen LogP contribution is -2.46. The third kappa shape index (κ3) is 5.74. The van der Waals surface area contributed by atoms with Crippen molar-refractivity contribution in [1.82, 2.24) is 24.8 Å². The Labute approximate surface area is 236 Å². The summed E-state index contributed by atoms with van der Waals surface area (Å²) in [7, 11) is 0. The number of aromatic amines is 1. The van der Waals surface area contributed by atoms with Gasteiger partial charge >= 0.3 is 0 Å². The van der Waals surface area contributed by atoms with E-state index in [1.165, 1.54) is 4.57 Å². The number of hydrogen-bond donors (Lipinski definition) is 4. The highest BCUT2D eigenvalue weighted by Crippen LogP contribution is 2.32. The van der Waals surface area contributed by atoms with Crippen LogP contribution in [0, 0.1) is 0 Å². The summed E-state index contributed by atoms with van der Waals surface area (Å²) < 4.78 is 6.64. The number of carbonyl (C=O) groups excluding carboxylic acids is 1. The molecule has 0 atom stereocenters. The summed E-state index contributed by atoms with van der Waals surface area (Å²) in [5, 5.41) is 17.8. The van der Waals surface area contributed by atoms with Gasteiger partial charge in [0, 0.05) is 41.1 Å². The zero-order valence-corrected chi connectivity index (χ0v) is 22.3. The number of carbonyl (C=O) groups is 1. The number of benzene rings is 2. The summed E-state index contributed by atoms with van der Waals surface area (Å²) in [6.07, 6.45) is 5.76. The summed E-state index contributed by atoms with van der Waals surface area (Å²) in [6, 6.07) is 21.0. The van der Waals surface area contributed by atoms with Crippen LogP contribution in [-0.4, -0.2) is 50.3 Å². The third-order valence-electron chi connectivity index (χ3n) is 7.24. The lowest BCUT2D eigenvalue weighted by atomic mass is 9.90. The molecule has 4 N–H and O–H groups in total. The van der Waals surface area contributed by atoms with Crippen LogP contribution < -0.4 is 16.2 Å². The Morgan fingerprint density at radius 3 is 2.71 bits per heavy atom. The second-order valence-electron chi connectivity index (χ2n) is 10.2. The molecule has 4 heterocycles. The van der Waals surface area contributed by atoms with Crippen LogP contribution in [0.4, 0.5) is 5.82 Å². The molecular weight excluding hydrogens is 520 g/mol. The number of nitrogens with zero attached hydrogens (tertiary/aromatic N) is 3. The van der Waals surface area contributed by atoms with Gasteiger partial charge in [-0.2, -0.15) is 0 Å². The van der Waals surface area contributed by atoms with Crippen molar-refractivity contribution in [3.05, 3.63) is 112 Å². The van der Waals surface area contributed by atoms with Crippen molar-refractivity contribution < 1.29 is 14.6 Å². The first kappa shape index (κ1) is 26.4. The molecule has 10 nitrogen and oxygen atoms in total. The Bertz CT molecular complexity index is 1710. The quantitative estimate of drug-likeness (QED) is 0.210. The van der Waals surface area contributed by atoms with Gasteiger partial charge in [-0.3, -0.25) is 19.1 Å². The van der Waals surface area contributed by atoms with E-state index in [2.05, 4.69) is 25.6 Å². The predicted octanol–water partition coefficient (Wildman–Crippen LogP) is 2.98. The topological polar surface area (TPSA) is 134 Å². The van der Waals surface area contributed by atoms with Crippen molar-refractivity contribution in [2.75, 3.05) is 25.1 Å². The van der Waals surface area contributed by atoms with Crippen LogP contribution in [0.3, 0.4) is 0 Å². The third-order valence-corrected chi connectivity index (χ3v) is 7.24. The van der Waals surface area contributed by atoms with Gasteiger partial charge in [0.05, 0.1) is 31.6 Å². The van der Waals surface area contributed by atoms with Gasteiger partial charge in [0.25, 0.3) is 5.56 Å². The molecule has 1 aliphatic rings. The van der Waals surface area contributed by atoms with Crippen LogP contribution in [0.25, 0.3) is 22.2 Å². The molecule has 0 spiro atoms. The predicted molar refractivity (Wildman–Crippen MR) is 155 cm³/mol. The highest BCUT2D eigenvalue weighted by Gasteiger charge is 2.38. The molecule has 10 heteroatoms. The zero-order valence-electron chi connectivity index (χ0n) is 22.3. The molecule has 1 amide bonds. The average Bonchev–Trinajstić information content (AvgIpc) is 3.40. The number of rotatable bonds is 10. The Kier molecular flexibility index (Phi) is 7.32. The van der Waals surface area contributed by atoms with E-state index >= 15 is 0 Å². The zero-order chi connectivity index (χ0) is 28.2. The number of aromatic nitrogens is 4. The summed E-state index contributed by atoms with van der Waals surface area (Å²) in [6.45, 7) is 0.988. The molecule has 0 saturated carbocycles. The number of aliphatic hydroxyl groups is 1. The molecule has 0 aliphatic carbocycles. The van der Waals surface area contributed by atoms with Crippen molar-refractivity contribution >= 4 is 22.6 Å². The number of fused-ring (bicyclic) bond motifs is 1. The molecule has 3 aromatic heterocycles. The first-order chi connectivity index (χ1) is 20.0. The van der Waals surface area contributed by atoms with Crippen LogP contribution in [-0.2, 0) is 34.6 Å². The molecule has 0 unspecified atom stereocenters. The SMILES string of the molecule is O=C(Cn1c(-c2cccc(C3(O)COC3)c2)cnc(NCCc2ccccc2)c1=O)NCc1cc2cnccc2[nH]1. The monoisotopic (exact) mass is 550 g/mol. The van der Waals surface area contributed by atoms with E-state index in [0.717, 1.165) is 22.2 Å². The van der Waals surface area contributed by atoms with Gasteiger partial charge in [-0.05, 0) is 35.7 Å². The fraction of sp³-hybridized carbons (Fsp3) is 0.226. The highest BCUT2D eigenvalue weighted by molar-refractivity contribution is 5.80. The number of anilines is 1. The second kappa shape index (κ2) is 11.4. The maximum atomic E-state index is 13.7. The fourth-order valence-corrected chi connectivity index (χ4v) is 4.92. The van der Waals surface area contributed by atoms with E-state index < -0.39 is 11.2 Å². The Balaban J connectivity index is 1.25. The van der Waals surface area contributed by atoms with Crippen molar-refractivity contribution in [2.24, 2.45) is 0 Å². The van der Waals surface area contributed by atoms with Crippen LogP contribution >= 0.6 is 0 Å². The maximum absolute atomic E-state index is 13.7. The minimum absolute atomic E-state index is 0.169. The van der Waals surface area contributed by atoms with Crippen molar-refractivity contribution in [1.29, 1.82) is 0 Å². The Morgan fingerprint density at radius 2 is 1.93 bits per heavy atom. The molecule has 1 aliphatic heterocycles. The van der Waals surface area contributed by atoms with E-state index in [-0.39, 0.29) is 38.0 Å². The number of amides is 1. The molecule has 0 radical (unpaired) electrons. The van der Waals surface area contributed by atoms with E-state index in [9.17, 15) is 14.7 Å². The molecule has 6 rings (SSSR count). The Morgan fingerprint density at radius 1 is 1.07 bits per heavy atom. The molecule has 1 saturated heterocycles. The van der Waals surface area contributed by atoms with Gasteiger partial charge in [-0.15, -0.1) is 0 Å². The molecule has 5 aromatic rings. The Hall–Kier alpha value is -4.80. The van der Waals surface area contributed by atoms with Gasteiger partial charge in [0.2, 0.25) is 5.91 Å². The summed E-state index contributed by atoms with van der Waals surface area (Å²) in [5.74, 6) is -0.156. The fourth-order valence-electron chi connectivity index (χ4n) is 4.92. The smallest absolute Gasteiger partial charge is 0.294 e. The van der Waals surface area contributed by atoms with Crippen molar-refractivity contribution in [3.63, 3.8) is 0 Å². The van der Waals surface area contributed by atoms with Crippen LogP contribution in [0.15, 0.2) is 90.1 Å². The minimum Gasteiger partial charge on any atom is -0.380 e. The number of hydrogen-bond acceptors (Lipinski definition) is 7.